The van der Waals surface area contributed by atoms with Crippen LogP contribution in [0.2, 0.25) is 0 Å². The van der Waals surface area contributed by atoms with Gasteiger partial charge < -0.3 is 20.3 Å². The number of pyridine rings is 1. The fourth-order valence-corrected chi connectivity index (χ4v) is 2.70. The van der Waals surface area contributed by atoms with Crippen molar-refractivity contribution in [3.05, 3.63) is 48.2 Å². The summed E-state index contributed by atoms with van der Waals surface area (Å²) in [5.74, 6) is -3.84. The highest BCUT2D eigenvalue weighted by atomic mass is 19.4. The van der Waals surface area contributed by atoms with Gasteiger partial charge >= 0.3 is 24.3 Å². The maximum atomic E-state index is 10.6. The molecule has 1 aliphatic heterocycles. The second-order valence-electron chi connectivity index (χ2n) is 7.62. The van der Waals surface area contributed by atoms with Gasteiger partial charge in [-0.1, -0.05) is 0 Å². The van der Waals surface area contributed by atoms with E-state index in [9.17, 15) is 26.3 Å². The molecular formula is C21H25F6N5O5. The number of hydrogen-bond acceptors (Lipinski definition) is 8. The standard InChI is InChI=1S/C17H23N5O.2C2HF3O2/c1-13(2)20-16-5-8-19-17(21-16)15-12-23-10-9-22(15)11-14-3-6-18-7-4-14;2*3-2(4,5)1(6)7/h3-8,13,15H,9-12H2,1-2H3,(H,19,20,21);2*(H,6,7). The second-order valence-corrected chi connectivity index (χ2v) is 7.62. The molecule has 1 atom stereocenters. The molecule has 0 aliphatic carbocycles. The van der Waals surface area contributed by atoms with Crippen LogP contribution in [-0.4, -0.2) is 80.2 Å². The fraction of sp³-hybridized carbons (Fsp3) is 0.476. The zero-order valence-electron chi connectivity index (χ0n) is 19.6. The highest BCUT2D eigenvalue weighted by Gasteiger charge is 2.38. The minimum atomic E-state index is -5.08. The van der Waals surface area contributed by atoms with E-state index < -0.39 is 24.3 Å². The van der Waals surface area contributed by atoms with Gasteiger partial charge in [0.1, 0.15) is 11.6 Å². The Balaban J connectivity index is 0.000000404. The highest BCUT2D eigenvalue weighted by molar-refractivity contribution is 5.73. The SMILES string of the molecule is CC(C)Nc1ccnc(C2COCCN2Cc2ccncc2)n1.O=C(O)C(F)(F)F.O=C(O)C(F)(F)F. The van der Waals surface area contributed by atoms with Crippen molar-refractivity contribution in [3.8, 4) is 0 Å². The lowest BCUT2D eigenvalue weighted by atomic mass is 10.1. The Labute approximate surface area is 207 Å². The number of carboxylic acid groups (broad SMARTS) is 2. The fourth-order valence-electron chi connectivity index (χ4n) is 2.70. The Morgan fingerprint density at radius 1 is 1.05 bits per heavy atom. The van der Waals surface area contributed by atoms with E-state index >= 15 is 0 Å². The van der Waals surface area contributed by atoms with Gasteiger partial charge in [0.15, 0.2) is 0 Å². The van der Waals surface area contributed by atoms with E-state index in [0.717, 1.165) is 31.3 Å². The first kappa shape index (κ1) is 31.5. The molecule has 0 spiro atoms. The summed E-state index contributed by atoms with van der Waals surface area (Å²) in [6.07, 6.45) is -4.70. The number of rotatable bonds is 5. The minimum Gasteiger partial charge on any atom is -0.475 e. The number of anilines is 1. The third-order valence-corrected chi connectivity index (χ3v) is 4.27. The normalized spacial score (nSPS) is 16.1. The van der Waals surface area contributed by atoms with Gasteiger partial charge in [-0.05, 0) is 37.6 Å². The Morgan fingerprint density at radius 3 is 2.08 bits per heavy atom. The Morgan fingerprint density at radius 2 is 1.59 bits per heavy atom. The lowest BCUT2D eigenvalue weighted by Crippen LogP contribution is -2.39. The van der Waals surface area contributed by atoms with Crippen molar-refractivity contribution in [1.82, 2.24) is 19.9 Å². The number of nitrogens with zero attached hydrogens (tertiary/aromatic N) is 4. The average molecular weight is 541 g/mol. The molecule has 2 aromatic rings. The summed E-state index contributed by atoms with van der Waals surface area (Å²) >= 11 is 0. The van der Waals surface area contributed by atoms with E-state index in [4.69, 9.17) is 24.5 Å². The third kappa shape index (κ3) is 12.3. The van der Waals surface area contributed by atoms with E-state index in [0.29, 0.717) is 12.6 Å². The molecule has 1 fully saturated rings. The summed E-state index contributed by atoms with van der Waals surface area (Å²) in [7, 11) is 0. The third-order valence-electron chi connectivity index (χ3n) is 4.27. The van der Waals surface area contributed by atoms with Gasteiger partial charge in [0, 0.05) is 37.7 Å². The van der Waals surface area contributed by atoms with E-state index in [1.165, 1.54) is 5.56 Å². The summed E-state index contributed by atoms with van der Waals surface area (Å²) in [6, 6.07) is 6.41. The molecule has 10 nitrogen and oxygen atoms in total. The summed E-state index contributed by atoms with van der Waals surface area (Å²) in [5.41, 5.74) is 1.24. The zero-order valence-corrected chi connectivity index (χ0v) is 19.6. The molecule has 0 bridgehead atoms. The molecule has 2 aromatic heterocycles. The van der Waals surface area contributed by atoms with Crippen LogP contribution in [0.3, 0.4) is 0 Å². The monoisotopic (exact) mass is 541 g/mol. The van der Waals surface area contributed by atoms with Crippen molar-refractivity contribution in [2.24, 2.45) is 0 Å². The van der Waals surface area contributed by atoms with Crippen molar-refractivity contribution in [1.29, 1.82) is 0 Å². The van der Waals surface area contributed by atoms with Gasteiger partial charge in [0.25, 0.3) is 0 Å². The maximum absolute atomic E-state index is 10.6. The molecule has 3 rings (SSSR count). The number of aromatic nitrogens is 3. The van der Waals surface area contributed by atoms with Crippen LogP contribution < -0.4 is 5.32 Å². The number of morpholine rings is 1. The summed E-state index contributed by atoms with van der Waals surface area (Å²) in [5, 5.41) is 17.6. The second kappa shape index (κ2) is 14.3. The van der Waals surface area contributed by atoms with Crippen LogP contribution in [0.25, 0.3) is 0 Å². The lowest BCUT2D eigenvalue weighted by Gasteiger charge is -2.34. The molecule has 37 heavy (non-hydrogen) atoms. The zero-order chi connectivity index (χ0) is 28.2. The first-order chi connectivity index (χ1) is 17.1. The van der Waals surface area contributed by atoms with E-state index in [2.05, 4.69) is 39.0 Å². The summed E-state index contributed by atoms with van der Waals surface area (Å²) in [4.78, 5) is 33.4. The number of halogens is 6. The smallest absolute Gasteiger partial charge is 0.475 e. The summed E-state index contributed by atoms with van der Waals surface area (Å²) in [6.45, 7) is 7.28. The molecule has 0 radical (unpaired) electrons. The largest absolute Gasteiger partial charge is 0.490 e. The molecule has 206 valence electrons. The van der Waals surface area contributed by atoms with Gasteiger partial charge in [-0.25, -0.2) is 19.6 Å². The Kier molecular flexibility index (Phi) is 12.1. The van der Waals surface area contributed by atoms with Crippen molar-refractivity contribution in [2.75, 3.05) is 25.1 Å². The van der Waals surface area contributed by atoms with E-state index in [1.54, 1.807) is 0 Å². The molecular weight excluding hydrogens is 516 g/mol. The number of carboxylic acids is 2. The Bertz CT molecular complexity index is 968. The Hall–Kier alpha value is -3.53. The first-order valence-electron chi connectivity index (χ1n) is 10.5. The maximum Gasteiger partial charge on any atom is 0.490 e. The molecule has 1 saturated heterocycles. The van der Waals surface area contributed by atoms with Gasteiger partial charge in [0.05, 0.1) is 19.3 Å². The van der Waals surface area contributed by atoms with Crippen LogP contribution in [0.4, 0.5) is 32.2 Å². The van der Waals surface area contributed by atoms with Crippen LogP contribution in [0.5, 0.6) is 0 Å². The molecule has 1 aliphatic rings. The van der Waals surface area contributed by atoms with Crippen LogP contribution in [-0.2, 0) is 20.9 Å². The molecule has 0 aromatic carbocycles. The highest BCUT2D eigenvalue weighted by Crippen LogP contribution is 2.24. The quantitative estimate of drug-likeness (QED) is 0.482. The topological polar surface area (TPSA) is 138 Å². The molecule has 3 N–H and O–H groups in total. The number of nitrogens with one attached hydrogen (secondary N) is 1. The number of alkyl halides is 6. The van der Waals surface area contributed by atoms with Gasteiger partial charge in [-0.2, -0.15) is 26.3 Å². The number of hydrogen-bond donors (Lipinski definition) is 3. The average Bonchev–Trinajstić information content (AvgIpc) is 2.79. The van der Waals surface area contributed by atoms with Gasteiger partial charge in [0.2, 0.25) is 0 Å². The van der Waals surface area contributed by atoms with E-state index in [-0.39, 0.29) is 6.04 Å². The van der Waals surface area contributed by atoms with E-state index in [1.807, 2.05) is 36.8 Å². The van der Waals surface area contributed by atoms with Crippen molar-refractivity contribution >= 4 is 17.8 Å². The molecule has 0 saturated carbocycles. The predicted molar refractivity (Wildman–Crippen MR) is 116 cm³/mol. The molecule has 1 unspecified atom stereocenters. The van der Waals surface area contributed by atoms with Crippen molar-refractivity contribution < 1.29 is 50.9 Å². The molecule has 0 amide bonds. The van der Waals surface area contributed by atoms with Crippen molar-refractivity contribution in [3.63, 3.8) is 0 Å². The number of carbonyl (C=O) groups is 2. The van der Waals surface area contributed by atoms with Crippen LogP contribution in [0, 0.1) is 0 Å². The lowest BCUT2D eigenvalue weighted by molar-refractivity contribution is -0.193. The summed E-state index contributed by atoms with van der Waals surface area (Å²) < 4.78 is 69.1. The number of aliphatic carboxylic acids is 2. The molecule has 16 heteroatoms. The van der Waals surface area contributed by atoms with Gasteiger partial charge in [-0.15, -0.1) is 0 Å². The van der Waals surface area contributed by atoms with Crippen LogP contribution in [0.15, 0.2) is 36.8 Å². The molecule has 3 heterocycles. The predicted octanol–water partition coefficient (Wildman–Crippen LogP) is 3.53. The van der Waals surface area contributed by atoms with Gasteiger partial charge in [-0.3, -0.25) is 9.88 Å². The van der Waals surface area contributed by atoms with Crippen LogP contribution >= 0.6 is 0 Å². The van der Waals surface area contributed by atoms with Crippen molar-refractivity contribution in [2.45, 2.75) is 44.8 Å². The number of ether oxygens (including phenoxy) is 1. The minimum absolute atomic E-state index is 0.0748. The first-order valence-corrected chi connectivity index (χ1v) is 10.5. The van der Waals surface area contributed by atoms with Crippen LogP contribution in [0.1, 0.15) is 31.3 Å².